The number of halogens is 4. The van der Waals surface area contributed by atoms with Crippen LogP contribution in [0.1, 0.15) is 26.2 Å². The Labute approximate surface area is 132 Å². The molecule has 2 rings (SSSR count). The highest BCUT2D eigenvalue weighted by Gasteiger charge is 2.51. The van der Waals surface area contributed by atoms with Gasteiger partial charge >= 0.3 is 11.8 Å². The zero-order valence-corrected chi connectivity index (χ0v) is 13.3. The molecule has 0 radical (unpaired) electrons. The van der Waals surface area contributed by atoms with E-state index in [2.05, 4.69) is 21.0 Å². The van der Waals surface area contributed by atoms with Gasteiger partial charge in [-0.2, -0.15) is 8.78 Å². The quantitative estimate of drug-likeness (QED) is 0.552. The molecule has 0 aromatic rings. The molecule has 0 N–H and O–H groups in total. The van der Waals surface area contributed by atoms with E-state index < -0.39 is 18.3 Å². The smallest absolute Gasteiger partial charge is 0.310 e. The van der Waals surface area contributed by atoms with Gasteiger partial charge in [0.1, 0.15) is 12.4 Å². The molecule has 0 unspecified atom stereocenters. The van der Waals surface area contributed by atoms with Crippen molar-refractivity contribution in [3.63, 3.8) is 0 Å². The van der Waals surface area contributed by atoms with Crippen LogP contribution in [0.5, 0.6) is 0 Å². The van der Waals surface area contributed by atoms with Crippen molar-refractivity contribution in [1.82, 2.24) is 4.90 Å². The SMILES string of the molecule is CN1CCC=C(C2=NCN=C2OCCCC(F)(F)C(C)(F)F)C1. The van der Waals surface area contributed by atoms with E-state index in [9.17, 15) is 17.6 Å². The van der Waals surface area contributed by atoms with Gasteiger partial charge in [-0.25, -0.2) is 13.8 Å². The zero-order chi connectivity index (χ0) is 17.1. The number of rotatable bonds is 6. The van der Waals surface area contributed by atoms with Crippen LogP contribution in [0.25, 0.3) is 0 Å². The highest BCUT2D eigenvalue weighted by molar-refractivity contribution is 6.46. The van der Waals surface area contributed by atoms with Gasteiger partial charge in [0.2, 0.25) is 5.90 Å². The molecule has 8 heteroatoms. The minimum atomic E-state index is -4.03. The monoisotopic (exact) mass is 335 g/mol. The molecule has 0 spiro atoms. The number of aliphatic imine (C=N–C) groups is 2. The van der Waals surface area contributed by atoms with Crippen LogP contribution in [0.2, 0.25) is 0 Å². The van der Waals surface area contributed by atoms with E-state index in [1.54, 1.807) is 0 Å². The van der Waals surface area contributed by atoms with Crippen LogP contribution in [0.15, 0.2) is 21.6 Å². The van der Waals surface area contributed by atoms with Gasteiger partial charge in [-0.3, -0.25) is 4.99 Å². The number of hydrogen-bond acceptors (Lipinski definition) is 4. The van der Waals surface area contributed by atoms with Crippen molar-refractivity contribution in [3.8, 4) is 0 Å². The lowest BCUT2D eigenvalue weighted by Gasteiger charge is -2.24. The summed E-state index contributed by atoms with van der Waals surface area (Å²) in [6.07, 6.45) is 1.86. The first-order valence-electron chi connectivity index (χ1n) is 7.56. The molecule has 0 fully saturated rings. The van der Waals surface area contributed by atoms with Crippen molar-refractivity contribution < 1.29 is 22.3 Å². The molecule has 0 saturated heterocycles. The van der Waals surface area contributed by atoms with Gasteiger partial charge in [0, 0.05) is 26.4 Å². The highest BCUT2D eigenvalue weighted by atomic mass is 19.3. The first-order chi connectivity index (χ1) is 10.7. The van der Waals surface area contributed by atoms with Crippen molar-refractivity contribution in [2.24, 2.45) is 9.98 Å². The Balaban J connectivity index is 1.82. The summed E-state index contributed by atoms with van der Waals surface area (Å²) in [5.41, 5.74) is 1.64. The summed E-state index contributed by atoms with van der Waals surface area (Å²) in [6, 6.07) is 0. The third-order valence-electron chi connectivity index (χ3n) is 3.81. The van der Waals surface area contributed by atoms with E-state index >= 15 is 0 Å². The fourth-order valence-electron chi connectivity index (χ4n) is 2.41. The molecule has 0 aliphatic carbocycles. The first kappa shape index (κ1) is 17.9. The Bertz CT molecular complexity index is 523. The average Bonchev–Trinajstić information content (AvgIpc) is 2.91. The van der Waals surface area contributed by atoms with E-state index in [4.69, 9.17) is 4.74 Å². The maximum Gasteiger partial charge on any atom is 0.310 e. The first-order valence-corrected chi connectivity index (χ1v) is 7.56. The summed E-state index contributed by atoms with van der Waals surface area (Å²) in [5.74, 6) is -7.74. The minimum Gasteiger partial charge on any atom is -0.476 e. The van der Waals surface area contributed by atoms with Crippen LogP contribution < -0.4 is 0 Å². The molecule has 4 nitrogen and oxygen atoms in total. The predicted molar refractivity (Wildman–Crippen MR) is 80.7 cm³/mol. The van der Waals surface area contributed by atoms with Crippen molar-refractivity contribution in [2.75, 3.05) is 33.4 Å². The third kappa shape index (κ3) is 4.53. The normalized spacial score (nSPS) is 20.2. The van der Waals surface area contributed by atoms with Gasteiger partial charge < -0.3 is 9.64 Å². The van der Waals surface area contributed by atoms with E-state index in [1.807, 2.05) is 7.05 Å². The topological polar surface area (TPSA) is 37.2 Å². The van der Waals surface area contributed by atoms with E-state index in [0.717, 1.165) is 25.1 Å². The fraction of sp³-hybridized carbons (Fsp3) is 0.733. The van der Waals surface area contributed by atoms with Crippen LogP contribution in [-0.2, 0) is 4.74 Å². The van der Waals surface area contributed by atoms with Gasteiger partial charge in [0.25, 0.3) is 0 Å². The number of ether oxygens (including phenoxy) is 1. The molecule has 2 aliphatic rings. The number of alkyl halides is 4. The molecule has 0 aromatic carbocycles. The summed E-state index contributed by atoms with van der Waals surface area (Å²) in [4.78, 5) is 10.5. The molecule has 23 heavy (non-hydrogen) atoms. The molecule has 2 heterocycles. The van der Waals surface area contributed by atoms with Crippen LogP contribution in [0, 0.1) is 0 Å². The number of nitrogens with zero attached hydrogens (tertiary/aromatic N) is 3. The van der Waals surface area contributed by atoms with Crippen molar-refractivity contribution in [3.05, 3.63) is 11.6 Å². The molecule has 0 saturated carbocycles. The Morgan fingerprint density at radius 2 is 2.00 bits per heavy atom. The molecule has 0 aromatic heterocycles. The predicted octanol–water partition coefficient (Wildman–Crippen LogP) is 3.15. The molecule has 130 valence electrons. The number of likely N-dealkylation sites (N-methyl/N-ethyl adjacent to an activating group) is 1. The van der Waals surface area contributed by atoms with Crippen molar-refractivity contribution >= 4 is 11.6 Å². The summed E-state index contributed by atoms with van der Waals surface area (Å²) >= 11 is 0. The van der Waals surface area contributed by atoms with E-state index in [-0.39, 0.29) is 26.6 Å². The summed E-state index contributed by atoms with van der Waals surface area (Å²) in [7, 11) is 1.99. The van der Waals surface area contributed by atoms with Crippen LogP contribution in [0.3, 0.4) is 0 Å². The molecule has 0 atom stereocenters. The Hall–Kier alpha value is -1.44. The second-order valence-electron chi connectivity index (χ2n) is 5.91. The second kappa shape index (κ2) is 6.98. The average molecular weight is 335 g/mol. The Morgan fingerprint density at radius 3 is 2.65 bits per heavy atom. The maximum absolute atomic E-state index is 13.2. The second-order valence-corrected chi connectivity index (χ2v) is 5.91. The summed E-state index contributed by atoms with van der Waals surface area (Å²) in [6.45, 7) is 2.07. The molecule has 2 aliphatic heterocycles. The van der Waals surface area contributed by atoms with E-state index in [1.165, 1.54) is 0 Å². The third-order valence-corrected chi connectivity index (χ3v) is 3.81. The van der Waals surface area contributed by atoms with Gasteiger partial charge in [-0.05, 0) is 25.5 Å². The van der Waals surface area contributed by atoms with Crippen molar-refractivity contribution in [1.29, 1.82) is 0 Å². The standard InChI is InChI=1S/C15H21F4N3O/c1-14(16,17)15(18,19)6-4-8-23-13-12(20-10-21-13)11-5-3-7-22(2)9-11/h5H,3-4,6-10H2,1-2H3. The lowest BCUT2D eigenvalue weighted by molar-refractivity contribution is -0.201. The summed E-state index contributed by atoms with van der Waals surface area (Å²) < 4.78 is 57.2. The highest BCUT2D eigenvalue weighted by Crippen LogP contribution is 2.37. The Kier molecular flexibility index (Phi) is 5.44. The zero-order valence-electron chi connectivity index (χ0n) is 13.3. The molecular formula is C15H21F4N3O. The minimum absolute atomic E-state index is 0.0906. The van der Waals surface area contributed by atoms with Crippen LogP contribution in [-0.4, -0.2) is 61.8 Å². The Morgan fingerprint density at radius 1 is 1.26 bits per heavy atom. The number of hydrogen-bond donors (Lipinski definition) is 0. The van der Waals surface area contributed by atoms with Crippen molar-refractivity contribution in [2.45, 2.75) is 38.0 Å². The lowest BCUT2D eigenvalue weighted by Crippen LogP contribution is -2.37. The van der Waals surface area contributed by atoms with Crippen LogP contribution in [0.4, 0.5) is 17.6 Å². The van der Waals surface area contributed by atoms with Gasteiger partial charge in [-0.1, -0.05) is 6.08 Å². The fourth-order valence-corrected chi connectivity index (χ4v) is 2.41. The van der Waals surface area contributed by atoms with Gasteiger partial charge in [0.05, 0.1) is 6.61 Å². The van der Waals surface area contributed by atoms with Gasteiger partial charge in [0.15, 0.2) is 0 Å². The molecule has 0 bridgehead atoms. The van der Waals surface area contributed by atoms with E-state index in [0.29, 0.717) is 11.6 Å². The largest absolute Gasteiger partial charge is 0.476 e. The van der Waals surface area contributed by atoms with Crippen LogP contribution >= 0.6 is 0 Å². The molecular weight excluding hydrogens is 314 g/mol. The molecule has 0 amide bonds. The van der Waals surface area contributed by atoms with Gasteiger partial charge in [-0.15, -0.1) is 0 Å². The summed E-state index contributed by atoms with van der Waals surface area (Å²) in [5, 5.41) is 0. The lowest BCUT2D eigenvalue weighted by atomic mass is 10.1. The maximum atomic E-state index is 13.2.